The number of carboxylic acid groups (broad SMARTS) is 1. The first-order chi connectivity index (χ1) is 9.82. The average Bonchev–Trinajstić information content (AvgIpc) is 2.80. The van der Waals surface area contributed by atoms with Gasteiger partial charge in [0.25, 0.3) is 11.5 Å². The maximum absolute atomic E-state index is 12.3. The molecule has 0 aliphatic carbocycles. The Labute approximate surface area is 124 Å². The summed E-state index contributed by atoms with van der Waals surface area (Å²) in [7, 11) is 1.47. The molecule has 0 aliphatic heterocycles. The molecule has 0 aromatic carbocycles. The third-order valence-corrected chi connectivity index (χ3v) is 4.12. The van der Waals surface area contributed by atoms with E-state index in [1.165, 1.54) is 40.8 Å². The maximum atomic E-state index is 12.3. The van der Waals surface area contributed by atoms with Gasteiger partial charge in [-0.2, -0.15) is 0 Å². The lowest BCUT2D eigenvalue weighted by Crippen LogP contribution is -2.37. The molecule has 8 heteroatoms. The zero-order valence-electron chi connectivity index (χ0n) is 11.9. The van der Waals surface area contributed by atoms with Gasteiger partial charge in [-0.05, 0) is 6.92 Å². The van der Waals surface area contributed by atoms with Crippen LogP contribution in [0.1, 0.15) is 23.0 Å². The van der Waals surface area contributed by atoms with E-state index in [2.05, 4.69) is 4.98 Å². The Morgan fingerprint density at radius 1 is 1.52 bits per heavy atom. The molecule has 0 saturated heterocycles. The molecule has 0 saturated carbocycles. The largest absolute Gasteiger partial charge is 0.481 e. The van der Waals surface area contributed by atoms with E-state index in [1.807, 2.05) is 0 Å². The summed E-state index contributed by atoms with van der Waals surface area (Å²) in [5.74, 6) is -2.23. The molecule has 1 unspecified atom stereocenters. The molecule has 2 aromatic rings. The van der Waals surface area contributed by atoms with E-state index >= 15 is 0 Å². The molecule has 112 valence electrons. The van der Waals surface area contributed by atoms with Crippen LogP contribution >= 0.6 is 11.3 Å². The van der Waals surface area contributed by atoms with Crippen molar-refractivity contribution in [3.63, 3.8) is 0 Å². The van der Waals surface area contributed by atoms with E-state index in [-0.39, 0.29) is 12.1 Å². The summed E-state index contributed by atoms with van der Waals surface area (Å²) in [6.07, 6.45) is 1.25. The second-order valence-electron chi connectivity index (χ2n) is 4.90. The number of thiazole rings is 1. The lowest BCUT2D eigenvalue weighted by Gasteiger charge is -2.19. The van der Waals surface area contributed by atoms with Gasteiger partial charge in [0, 0.05) is 30.9 Å². The monoisotopic (exact) mass is 309 g/mol. The smallest absolute Gasteiger partial charge is 0.308 e. The van der Waals surface area contributed by atoms with Crippen molar-refractivity contribution in [2.75, 3.05) is 13.6 Å². The predicted molar refractivity (Wildman–Crippen MR) is 77.8 cm³/mol. The average molecular weight is 309 g/mol. The Kier molecular flexibility index (Phi) is 4.08. The van der Waals surface area contributed by atoms with E-state index in [1.54, 1.807) is 12.3 Å². The number of hydrogen-bond acceptors (Lipinski definition) is 5. The topological polar surface area (TPSA) is 92.0 Å². The lowest BCUT2D eigenvalue weighted by molar-refractivity contribution is -0.141. The summed E-state index contributed by atoms with van der Waals surface area (Å²) in [6.45, 7) is 3.29. The van der Waals surface area contributed by atoms with Crippen molar-refractivity contribution in [1.29, 1.82) is 0 Å². The number of aryl methyl sites for hydroxylation is 1. The van der Waals surface area contributed by atoms with Crippen molar-refractivity contribution >= 4 is 28.2 Å². The SMILES string of the molecule is Cc1csc2ncc(C(=O)N(C)CC(C)C(=O)O)c(=O)n12. The van der Waals surface area contributed by atoms with Gasteiger partial charge in [-0.15, -0.1) is 11.3 Å². The van der Waals surface area contributed by atoms with Crippen molar-refractivity contribution in [2.24, 2.45) is 5.92 Å². The quantitative estimate of drug-likeness (QED) is 0.904. The lowest BCUT2D eigenvalue weighted by atomic mass is 10.1. The summed E-state index contributed by atoms with van der Waals surface area (Å²) in [4.78, 5) is 41.3. The van der Waals surface area contributed by atoms with Gasteiger partial charge < -0.3 is 10.0 Å². The molecule has 0 fully saturated rings. The van der Waals surface area contributed by atoms with Crippen LogP contribution in [0.15, 0.2) is 16.4 Å². The number of rotatable bonds is 4. The van der Waals surface area contributed by atoms with Crippen molar-refractivity contribution < 1.29 is 14.7 Å². The van der Waals surface area contributed by atoms with Crippen LogP contribution in [0.2, 0.25) is 0 Å². The van der Waals surface area contributed by atoms with Crippen LogP contribution < -0.4 is 5.56 Å². The molecule has 0 spiro atoms. The number of hydrogen-bond donors (Lipinski definition) is 1. The number of carbonyl (C=O) groups is 2. The zero-order valence-corrected chi connectivity index (χ0v) is 12.7. The van der Waals surface area contributed by atoms with Gasteiger partial charge in [-0.1, -0.05) is 6.92 Å². The minimum absolute atomic E-state index is 0.0267. The normalized spacial score (nSPS) is 12.3. The van der Waals surface area contributed by atoms with Gasteiger partial charge >= 0.3 is 5.97 Å². The van der Waals surface area contributed by atoms with Crippen LogP contribution in [-0.4, -0.2) is 44.9 Å². The van der Waals surface area contributed by atoms with Gasteiger partial charge in [-0.3, -0.25) is 18.8 Å². The summed E-state index contributed by atoms with van der Waals surface area (Å²) in [6, 6.07) is 0. The molecule has 2 aromatic heterocycles. The molecule has 0 radical (unpaired) electrons. The summed E-state index contributed by atoms with van der Waals surface area (Å²) in [5, 5.41) is 10.7. The molecule has 2 rings (SSSR count). The van der Waals surface area contributed by atoms with Crippen LogP contribution in [0.3, 0.4) is 0 Å². The Balaban J connectivity index is 2.35. The molecule has 1 amide bonds. The minimum atomic E-state index is -0.992. The van der Waals surface area contributed by atoms with Crippen molar-refractivity contribution in [2.45, 2.75) is 13.8 Å². The number of aromatic nitrogens is 2. The number of nitrogens with zero attached hydrogens (tertiary/aromatic N) is 3. The fourth-order valence-corrected chi connectivity index (χ4v) is 2.78. The Hall–Kier alpha value is -2.22. The highest BCUT2D eigenvalue weighted by Crippen LogP contribution is 2.12. The fraction of sp³-hybridized carbons (Fsp3) is 0.385. The minimum Gasteiger partial charge on any atom is -0.481 e. The molecule has 2 heterocycles. The molecule has 0 aliphatic rings. The Morgan fingerprint density at radius 3 is 2.81 bits per heavy atom. The van der Waals surface area contributed by atoms with E-state index in [0.717, 1.165) is 0 Å². The molecule has 1 atom stereocenters. The van der Waals surface area contributed by atoms with Crippen molar-refractivity contribution in [3.8, 4) is 0 Å². The Morgan fingerprint density at radius 2 is 2.19 bits per heavy atom. The summed E-state index contributed by atoms with van der Waals surface area (Å²) < 4.78 is 1.38. The second kappa shape index (κ2) is 5.65. The fourth-order valence-electron chi connectivity index (χ4n) is 1.95. The molecule has 7 nitrogen and oxygen atoms in total. The van der Waals surface area contributed by atoms with Gasteiger partial charge in [0.15, 0.2) is 4.96 Å². The number of carboxylic acids is 1. The van der Waals surface area contributed by atoms with Gasteiger partial charge in [0.2, 0.25) is 0 Å². The number of fused-ring (bicyclic) bond motifs is 1. The van der Waals surface area contributed by atoms with E-state index in [4.69, 9.17) is 5.11 Å². The molecular weight excluding hydrogens is 294 g/mol. The summed E-state index contributed by atoms with van der Waals surface area (Å²) in [5.41, 5.74) is 0.219. The Bertz CT molecular complexity index is 764. The van der Waals surface area contributed by atoms with Crippen molar-refractivity contribution in [1.82, 2.24) is 14.3 Å². The van der Waals surface area contributed by atoms with Gasteiger partial charge in [0.1, 0.15) is 5.56 Å². The first kappa shape index (κ1) is 15.2. The van der Waals surface area contributed by atoms with E-state index in [0.29, 0.717) is 10.7 Å². The maximum Gasteiger partial charge on any atom is 0.308 e. The van der Waals surface area contributed by atoms with Crippen LogP contribution in [0.25, 0.3) is 4.96 Å². The first-order valence-corrected chi connectivity index (χ1v) is 7.15. The standard InChI is InChI=1S/C13H15N3O4S/c1-7(12(19)20)5-15(3)10(17)9-4-14-13-16(11(9)18)8(2)6-21-13/h4,6-7H,5H2,1-3H3,(H,19,20). The number of aliphatic carboxylic acids is 1. The zero-order chi connectivity index (χ0) is 15.7. The van der Waals surface area contributed by atoms with Crippen molar-refractivity contribution in [3.05, 3.63) is 33.2 Å². The van der Waals surface area contributed by atoms with E-state index in [9.17, 15) is 14.4 Å². The highest BCUT2D eigenvalue weighted by molar-refractivity contribution is 7.15. The van der Waals surface area contributed by atoms with E-state index < -0.39 is 23.4 Å². The number of carbonyl (C=O) groups excluding carboxylic acids is 1. The molecule has 21 heavy (non-hydrogen) atoms. The van der Waals surface area contributed by atoms with Crippen LogP contribution in [-0.2, 0) is 4.79 Å². The third kappa shape index (κ3) is 2.80. The van der Waals surface area contributed by atoms with Crippen LogP contribution in [0.4, 0.5) is 0 Å². The van der Waals surface area contributed by atoms with Crippen LogP contribution in [0.5, 0.6) is 0 Å². The summed E-state index contributed by atoms with van der Waals surface area (Å²) >= 11 is 1.32. The molecule has 0 bridgehead atoms. The highest BCUT2D eigenvalue weighted by Gasteiger charge is 2.22. The highest BCUT2D eigenvalue weighted by atomic mass is 32.1. The third-order valence-electron chi connectivity index (χ3n) is 3.16. The predicted octanol–water partition coefficient (Wildman–Crippen LogP) is 0.857. The van der Waals surface area contributed by atoms with Gasteiger partial charge in [-0.25, -0.2) is 4.98 Å². The van der Waals surface area contributed by atoms with Gasteiger partial charge in [0.05, 0.1) is 5.92 Å². The molecule has 1 N–H and O–H groups in total. The second-order valence-corrected chi connectivity index (χ2v) is 5.73. The first-order valence-electron chi connectivity index (χ1n) is 6.27. The molecular formula is C13H15N3O4S. The van der Waals surface area contributed by atoms with Crippen LogP contribution in [0, 0.1) is 12.8 Å². The number of amides is 1.